The van der Waals surface area contributed by atoms with Crippen LogP contribution in [0.3, 0.4) is 0 Å². The molecule has 0 N–H and O–H groups in total. The molecule has 0 aliphatic carbocycles. The highest BCUT2D eigenvalue weighted by molar-refractivity contribution is 5.90. The Balaban J connectivity index is 2.01. The normalized spacial score (nSPS) is 10.8. The Kier molecular flexibility index (Phi) is 16.6. The summed E-state index contributed by atoms with van der Waals surface area (Å²) in [7, 11) is 1.48. The quantitative estimate of drug-likeness (QED) is 0.151. The number of hydrogen-bond acceptors (Lipinski definition) is 6. The van der Waals surface area contributed by atoms with Crippen LogP contribution in [0.25, 0.3) is 0 Å². The molecule has 0 bridgehead atoms. The van der Waals surface area contributed by atoms with Crippen molar-refractivity contribution in [3.8, 4) is 5.95 Å². The first-order valence-electron chi connectivity index (χ1n) is 13.1. The summed E-state index contributed by atoms with van der Waals surface area (Å²) in [5, 5.41) is 0. The van der Waals surface area contributed by atoms with E-state index in [-0.39, 0.29) is 24.0 Å². The fourth-order valence-corrected chi connectivity index (χ4v) is 3.71. The molecule has 0 aliphatic heterocycles. The molecule has 0 fully saturated rings. The van der Waals surface area contributed by atoms with E-state index in [9.17, 15) is 14.4 Å². The van der Waals surface area contributed by atoms with Crippen LogP contribution in [0.5, 0.6) is 5.95 Å². The Hall–Kier alpha value is -2.31. The van der Waals surface area contributed by atoms with E-state index < -0.39 is 18.5 Å². The highest BCUT2D eigenvalue weighted by atomic mass is 16.6. The van der Waals surface area contributed by atoms with Gasteiger partial charge in [-0.1, -0.05) is 90.4 Å². The lowest BCUT2D eigenvalue weighted by Gasteiger charge is -2.14. The molecule has 0 atom stereocenters. The lowest BCUT2D eigenvalue weighted by molar-refractivity contribution is -0.136. The number of unbranched alkanes of at least 4 members (excludes halogenated alkanes) is 13. The Morgan fingerprint density at radius 3 is 1.88 bits per heavy atom. The number of carbonyl (C=O) groups excluding carboxylic acids is 3. The van der Waals surface area contributed by atoms with Gasteiger partial charge in [0.15, 0.2) is 6.61 Å². The van der Waals surface area contributed by atoms with Gasteiger partial charge in [-0.3, -0.25) is 9.59 Å². The summed E-state index contributed by atoms with van der Waals surface area (Å²) in [5.74, 6) is -1.09. The number of carbonyl (C=O) groups is 3. The molecule has 194 valence electrons. The molecule has 34 heavy (non-hydrogen) atoms. The van der Waals surface area contributed by atoms with Crippen LogP contribution >= 0.6 is 0 Å². The van der Waals surface area contributed by atoms with Gasteiger partial charge in [-0.2, -0.15) is 0 Å². The van der Waals surface area contributed by atoms with Gasteiger partial charge in [0.1, 0.15) is 5.78 Å². The highest BCUT2D eigenvalue weighted by Crippen LogP contribution is 2.18. The number of ether oxygens (including phenoxy) is 2. The van der Waals surface area contributed by atoms with Crippen molar-refractivity contribution in [1.29, 1.82) is 0 Å². The van der Waals surface area contributed by atoms with Gasteiger partial charge in [-0.15, -0.1) is 0 Å². The minimum Gasteiger partial charge on any atom is -0.465 e. The lowest BCUT2D eigenvalue weighted by atomic mass is 10.0. The first-order chi connectivity index (χ1) is 16.4. The molecule has 1 heterocycles. The number of nitrogens with zero attached hydrogens (tertiary/aromatic N) is 1. The van der Waals surface area contributed by atoms with Crippen molar-refractivity contribution in [1.82, 2.24) is 4.90 Å². The van der Waals surface area contributed by atoms with Crippen molar-refractivity contribution < 1.29 is 28.3 Å². The van der Waals surface area contributed by atoms with E-state index in [1.54, 1.807) is 6.07 Å². The Labute approximate surface area is 205 Å². The number of hydrogen-bond donors (Lipinski definition) is 0. The minimum atomic E-state index is -0.740. The summed E-state index contributed by atoms with van der Waals surface area (Å²) in [6.45, 7) is 3.72. The second kappa shape index (κ2) is 19.0. The third-order valence-corrected chi connectivity index (χ3v) is 5.74. The van der Waals surface area contributed by atoms with Crippen molar-refractivity contribution in [2.24, 2.45) is 0 Å². The predicted octanol–water partition coefficient (Wildman–Crippen LogP) is 6.34. The van der Waals surface area contributed by atoms with Gasteiger partial charge in [0, 0.05) is 13.1 Å². The van der Waals surface area contributed by atoms with Gasteiger partial charge in [0.05, 0.1) is 13.2 Å². The second-order valence-corrected chi connectivity index (χ2v) is 9.09. The van der Waals surface area contributed by atoms with E-state index in [2.05, 4.69) is 6.92 Å². The average molecular weight is 480 g/mol. The van der Waals surface area contributed by atoms with Crippen molar-refractivity contribution in [2.75, 3.05) is 26.8 Å². The number of Topliss-reactive ketones (excluding diaryl/α,β-unsaturated/α-hetero) is 1. The smallest absolute Gasteiger partial charge is 0.374 e. The Morgan fingerprint density at radius 1 is 0.824 bits per heavy atom. The number of esters is 1. The number of ketones is 1. The molecular formula is C27H45NO6. The van der Waals surface area contributed by atoms with Crippen molar-refractivity contribution >= 4 is 17.7 Å². The summed E-state index contributed by atoms with van der Waals surface area (Å²) in [6, 6.07) is 3.04. The summed E-state index contributed by atoms with van der Waals surface area (Å²) < 4.78 is 15.9. The van der Waals surface area contributed by atoms with Crippen LogP contribution in [0.1, 0.15) is 114 Å². The SMILES string of the molecule is CCCCCCCCCCCCCCCCOc1ccc(C(=O)OCC(=O)N(C)CC(C)=O)o1. The largest absolute Gasteiger partial charge is 0.465 e. The van der Waals surface area contributed by atoms with Crippen molar-refractivity contribution in [3.05, 3.63) is 17.9 Å². The van der Waals surface area contributed by atoms with Gasteiger partial charge >= 0.3 is 5.97 Å². The first kappa shape index (κ1) is 29.7. The van der Waals surface area contributed by atoms with Crippen LogP contribution in [0, 0.1) is 0 Å². The molecular weight excluding hydrogens is 434 g/mol. The van der Waals surface area contributed by atoms with E-state index >= 15 is 0 Å². The summed E-state index contributed by atoms with van der Waals surface area (Å²) in [6.07, 6.45) is 18.2. The summed E-state index contributed by atoms with van der Waals surface area (Å²) in [5.41, 5.74) is 0. The van der Waals surface area contributed by atoms with Gasteiger partial charge < -0.3 is 18.8 Å². The zero-order valence-electron chi connectivity index (χ0n) is 21.6. The fraction of sp³-hybridized carbons (Fsp3) is 0.741. The average Bonchev–Trinajstić information content (AvgIpc) is 3.28. The zero-order chi connectivity index (χ0) is 25.0. The van der Waals surface area contributed by atoms with E-state index in [1.165, 1.54) is 102 Å². The third kappa shape index (κ3) is 14.8. The summed E-state index contributed by atoms with van der Waals surface area (Å²) in [4.78, 5) is 36.1. The maximum atomic E-state index is 12.0. The molecule has 1 amide bonds. The molecule has 0 unspecified atom stereocenters. The fourth-order valence-electron chi connectivity index (χ4n) is 3.71. The van der Waals surface area contributed by atoms with Crippen LogP contribution < -0.4 is 4.74 Å². The van der Waals surface area contributed by atoms with E-state index in [1.807, 2.05) is 0 Å². The van der Waals surface area contributed by atoms with Crippen molar-refractivity contribution in [2.45, 2.75) is 104 Å². The first-order valence-corrected chi connectivity index (χ1v) is 13.1. The number of furan rings is 1. The molecule has 1 aromatic heterocycles. The predicted molar refractivity (Wildman–Crippen MR) is 133 cm³/mol. The van der Waals surface area contributed by atoms with E-state index in [0.29, 0.717) is 6.61 Å². The van der Waals surface area contributed by atoms with Gasteiger partial charge in [0.25, 0.3) is 11.9 Å². The number of amides is 1. The van der Waals surface area contributed by atoms with Crippen LogP contribution in [0.2, 0.25) is 0 Å². The van der Waals surface area contributed by atoms with Crippen molar-refractivity contribution in [3.63, 3.8) is 0 Å². The maximum Gasteiger partial charge on any atom is 0.374 e. The van der Waals surface area contributed by atoms with Crippen LogP contribution in [-0.4, -0.2) is 49.4 Å². The van der Waals surface area contributed by atoms with Crippen LogP contribution in [0.4, 0.5) is 0 Å². The molecule has 0 spiro atoms. The highest BCUT2D eigenvalue weighted by Gasteiger charge is 2.17. The van der Waals surface area contributed by atoms with Gasteiger partial charge in [-0.05, 0) is 19.4 Å². The number of rotatable bonds is 21. The molecule has 7 nitrogen and oxygen atoms in total. The molecule has 0 saturated carbocycles. The lowest BCUT2D eigenvalue weighted by Crippen LogP contribution is -2.34. The van der Waals surface area contributed by atoms with Gasteiger partial charge in [-0.25, -0.2) is 4.79 Å². The third-order valence-electron chi connectivity index (χ3n) is 5.74. The van der Waals surface area contributed by atoms with E-state index in [4.69, 9.17) is 13.9 Å². The molecule has 1 aromatic rings. The summed E-state index contributed by atoms with van der Waals surface area (Å²) >= 11 is 0. The molecule has 0 aromatic carbocycles. The molecule has 1 rings (SSSR count). The van der Waals surface area contributed by atoms with E-state index in [0.717, 1.165) is 12.8 Å². The Bertz CT molecular complexity index is 699. The zero-order valence-corrected chi connectivity index (χ0v) is 21.6. The Morgan fingerprint density at radius 2 is 1.35 bits per heavy atom. The molecule has 0 radical (unpaired) electrons. The topological polar surface area (TPSA) is 86.0 Å². The number of likely N-dealkylation sites (N-methyl/N-ethyl adjacent to an activating group) is 1. The molecule has 0 aliphatic rings. The standard InChI is InChI=1S/C27H45NO6/c1-4-5-6-7-8-9-10-11-12-13-14-15-16-17-20-32-26-19-18-24(34-26)27(31)33-22-25(30)28(3)21-23(2)29/h18-19H,4-17,20-22H2,1-3H3. The minimum absolute atomic E-state index is 0.0158. The van der Waals surface area contributed by atoms with Crippen LogP contribution in [0.15, 0.2) is 16.5 Å². The molecule has 0 saturated heterocycles. The monoisotopic (exact) mass is 479 g/mol. The molecule has 7 heteroatoms. The van der Waals surface area contributed by atoms with Gasteiger partial charge in [0.2, 0.25) is 5.76 Å². The maximum absolute atomic E-state index is 12.0. The second-order valence-electron chi connectivity index (χ2n) is 9.09. The van der Waals surface area contributed by atoms with Crippen LogP contribution in [-0.2, 0) is 14.3 Å².